The molecular weight excluding hydrogens is 291 g/mol. The molecule has 2 aromatic rings. The number of rotatable bonds is 6. The van der Waals surface area contributed by atoms with E-state index in [9.17, 15) is 0 Å². The summed E-state index contributed by atoms with van der Waals surface area (Å²) in [7, 11) is -1.43. The van der Waals surface area contributed by atoms with Gasteiger partial charge in [0.1, 0.15) is 0 Å². The van der Waals surface area contributed by atoms with E-state index in [1.54, 1.807) is 0 Å². The molecule has 0 heterocycles. The third kappa shape index (κ3) is 4.57. The molecular formula is C16H18ClO2P. The van der Waals surface area contributed by atoms with Gasteiger partial charge in [0.15, 0.2) is 0 Å². The van der Waals surface area contributed by atoms with Gasteiger partial charge in [0.05, 0.1) is 12.2 Å². The second-order valence-corrected chi connectivity index (χ2v) is 6.20. The molecule has 2 nitrogen and oxygen atoms in total. The van der Waals surface area contributed by atoms with Crippen molar-refractivity contribution in [1.29, 1.82) is 0 Å². The maximum Gasteiger partial charge on any atom is 0.277 e. The van der Waals surface area contributed by atoms with Gasteiger partial charge in [0.2, 0.25) is 0 Å². The Labute approximate surface area is 126 Å². The zero-order chi connectivity index (χ0) is 14.4. The molecule has 20 heavy (non-hydrogen) atoms. The first kappa shape index (κ1) is 15.5. The Morgan fingerprint density at radius 2 is 1.10 bits per heavy atom. The maximum absolute atomic E-state index is 6.19. The normalized spacial score (nSPS) is 15.6. The monoisotopic (exact) mass is 308 g/mol. The van der Waals surface area contributed by atoms with Crippen molar-refractivity contribution in [1.82, 2.24) is 0 Å². The first-order valence-corrected chi connectivity index (χ1v) is 8.64. The lowest BCUT2D eigenvalue weighted by Crippen LogP contribution is -1.99. The maximum atomic E-state index is 6.19. The molecule has 0 saturated carbocycles. The summed E-state index contributed by atoms with van der Waals surface area (Å²) in [5.74, 6) is 0. The fourth-order valence-electron chi connectivity index (χ4n) is 1.84. The molecule has 0 aliphatic heterocycles. The van der Waals surface area contributed by atoms with Crippen LogP contribution in [0.25, 0.3) is 0 Å². The highest BCUT2D eigenvalue weighted by Gasteiger charge is 2.17. The molecule has 0 fully saturated rings. The van der Waals surface area contributed by atoms with Crippen LogP contribution in [0.2, 0.25) is 0 Å². The minimum Gasteiger partial charge on any atom is -0.314 e. The van der Waals surface area contributed by atoms with Crippen molar-refractivity contribution < 1.29 is 9.05 Å². The lowest BCUT2D eigenvalue weighted by molar-refractivity contribution is 0.171. The van der Waals surface area contributed by atoms with Crippen LogP contribution in [0.1, 0.15) is 37.2 Å². The summed E-state index contributed by atoms with van der Waals surface area (Å²) in [5.41, 5.74) is 2.19. The van der Waals surface area contributed by atoms with Crippen molar-refractivity contribution in [2.45, 2.75) is 26.1 Å². The van der Waals surface area contributed by atoms with E-state index in [-0.39, 0.29) is 12.2 Å². The molecule has 2 atom stereocenters. The van der Waals surface area contributed by atoms with Crippen LogP contribution >= 0.6 is 19.0 Å². The van der Waals surface area contributed by atoms with Crippen LogP contribution in [0.15, 0.2) is 60.7 Å². The summed E-state index contributed by atoms with van der Waals surface area (Å²) >= 11 is 6.19. The SMILES string of the molecule is CC(OP(Cl)OC(C)c1ccccc1)c1ccccc1. The Hall–Kier alpha value is -0.920. The second kappa shape index (κ2) is 7.75. The van der Waals surface area contributed by atoms with Gasteiger partial charge in [-0.15, -0.1) is 0 Å². The molecule has 0 amide bonds. The van der Waals surface area contributed by atoms with Gasteiger partial charge in [0.25, 0.3) is 7.73 Å². The fraction of sp³-hybridized carbons (Fsp3) is 0.250. The van der Waals surface area contributed by atoms with Gasteiger partial charge < -0.3 is 9.05 Å². The number of hydrogen-bond donors (Lipinski definition) is 0. The van der Waals surface area contributed by atoms with Gasteiger partial charge in [-0.25, -0.2) is 0 Å². The minimum absolute atomic E-state index is 0.0808. The standard InChI is InChI=1S/C16H18ClO2P/c1-13(15-9-5-3-6-10-15)18-20(17)19-14(2)16-11-7-4-8-12-16/h3-14H,1-2H3. The van der Waals surface area contributed by atoms with Crippen LogP contribution in [0.4, 0.5) is 0 Å². The molecule has 4 heteroatoms. The van der Waals surface area contributed by atoms with Gasteiger partial charge in [-0.1, -0.05) is 60.7 Å². The van der Waals surface area contributed by atoms with Crippen LogP contribution in [0.5, 0.6) is 0 Å². The summed E-state index contributed by atoms with van der Waals surface area (Å²) in [6.45, 7) is 3.95. The lowest BCUT2D eigenvalue weighted by atomic mass is 10.1. The van der Waals surface area contributed by atoms with E-state index < -0.39 is 7.73 Å². The first-order valence-electron chi connectivity index (χ1n) is 6.56. The van der Waals surface area contributed by atoms with Crippen molar-refractivity contribution in [3.05, 3.63) is 71.8 Å². The van der Waals surface area contributed by atoms with Crippen LogP contribution in [0, 0.1) is 0 Å². The van der Waals surface area contributed by atoms with Crippen LogP contribution in [0.3, 0.4) is 0 Å². The van der Waals surface area contributed by atoms with E-state index in [0.29, 0.717) is 0 Å². The van der Waals surface area contributed by atoms with Gasteiger partial charge >= 0.3 is 0 Å². The summed E-state index contributed by atoms with van der Waals surface area (Å²) in [4.78, 5) is 0. The molecule has 0 aliphatic carbocycles. The highest BCUT2D eigenvalue weighted by Crippen LogP contribution is 2.51. The van der Waals surface area contributed by atoms with E-state index in [0.717, 1.165) is 11.1 Å². The quantitative estimate of drug-likeness (QED) is 0.609. The number of hydrogen-bond acceptors (Lipinski definition) is 2. The van der Waals surface area contributed by atoms with Gasteiger partial charge in [0, 0.05) is 0 Å². The molecule has 106 valence electrons. The highest BCUT2D eigenvalue weighted by molar-refractivity contribution is 7.76. The molecule has 0 aliphatic rings. The Morgan fingerprint density at radius 1 is 0.750 bits per heavy atom. The first-order chi connectivity index (χ1) is 9.66. The van der Waals surface area contributed by atoms with Crippen LogP contribution in [-0.4, -0.2) is 0 Å². The Balaban J connectivity index is 1.88. The molecule has 0 bridgehead atoms. The molecule has 2 aromatic carbocycles. The number of benzene rings is 2. The van der Waals surface area contributed by atoms with E-state index in [4.69, 9.17) is 20.3 Å². The molecule has 0 aromatic heterocycles. The summed E-state index contributed by atoms with van der Waals surface area (Å²) in [6, 6.07) is 20.0. The largest absolute Gasteiger partial charge is 0.314 e. The lowest BCUT2D eigenvalue weighted by Gasteiger charge is -2.20. The minimum atomic E-state index is -1.43. The van der Waals surface area contributed by atoms with Crippen LogP contribution < -0.4 is 0 Å². The molecule has 2 rings (SSSR count). The van der Waals surface area contributed by atoms with Gasteiger partial charge in [-0.05, 0) is 36.2 Å². The Morgan fingerprint density at radius 3 is 1.45 bits per heavy atom. The van der Waals surface area contributed by atoms with Crippen molar-refractivity contribution in [3.8, 4) is 0 Å². The summed E-state index contributed by atoms with van der Waals surface area (Å²) < 4.78 is 11.5. The fourth-order valence-corrected chi connectivity index (χ4v) is 3.35. The Kier molecular flexibility index (Phi) is 6.00. The average Bonchev–Trinajstić information content (AvgIpc) is 2.49. The van der Waals surface area contributed by atoms with Crippen molar-refractivity contribution in [2.75, 3.05) is 0 Å². The molecule has 0 N–H and O–H groups in total. The highest BCUT2D eigenvalue weighted by atomic mass is 35.7. The van der Waals surface area contributed by atoms with E-state index >= 15 is 0 Å². The van der Waals surface area contributed by atoms with Crippen molar-refractivity contribution in [2.24, 2.45) is 0 Å². The van der Waals surface area contributed by atoms with Crippen molar-refractivity contribution >= 4 is 19.0 Å². The second-order valence-electron chi connectivity index (χ2n) is 4.53. The van der Waals surface area contributed by atoms with Crippen LogP contribution in [-0.2, 0) is 9.05 Å². The van der Waals surface area contributed by atoms with Gasteiger partial charge in [-0.2, -0.15) is 0 Å². The molecule has 0 saturated heterocycles. The van der Waals surface area contributed by atoms with E-state index in [2.05, 4.69) is 0 Å². The average molecular weight is 309 g/mol. The number of halogens is 1. The molecule has 0 spiro atoms. The smallest absolute Gasteiger partial charge is 0.277 e. The molecule has 2 unspecified atom stereocenters. The predicted octanol–water partition coefficient (Wildman–Crippen LogP) is 6.01. The third-order valence-corrected chi connectivity index (χ3v) is 4.46. The molecule has 0 radical (unpaired) electrons. The predicted molar refractivity (Wildman–Crippen MR) is 84.7 cm³/mol. The van der Waals surface area contributed by atoms with Crippen molar-refractivity contribution in [3.63, 3.8) is 0 Å². The van der Waals surface area contributed by atoms with Gasteiger partial charge in [-0.3, -0.25) is 0 Å². The topological polar surface area (TPSA) is 18.5 Å². The summed E-state index contributed by atoms with van der Waals surface area (Å²) in [5, 5.41) is 0. The zero-order valence-electron chi connectivity index (χ0n) is 11.6. The Bertz CT molecular complexity index is 459. The van der Waals surface area contributed by atoms with E-state index in [1.807, 2.05) is 74.5 Å². The zero-order valence-corrected chi connectivity index (χ0v) is 13.2. The van der Waals surface area contributed by atoms with E-state index in [1.165, 1.54) is 0 Å². The third-order valence-electron chi connectivity index (χ3n) is 3.02. The summed E-state index contributed by atoms with van der Waals surface area (Å²) in [6.07, 6.45) is -0.162.